The molecule has 1 aliphatic heterocycles. The van der Waals surface area contributed by atoms with Gasteiger partial charge in [0.15, 0.2) is 0 Å². The van der Waals surface area contributed by atoms with Crippen molar-refractivity contribution in [1.29, 1.82) is 0 Å². The highest BCUT2D eigenvalue weighted by molar-refractivity contribution is 6.02. The van der Waals surface area contributed by atoms with Crippen LogP contribution in [0.1, 0.15) is 56.4 Å². The molecule has 0 radical (unpaired) electrons. The number of aliphatic hydroxyl groups excluding tert-OH is 3. The van der Waals surface area contributed by atoms with Crippen molar-refractivity contribution in [2.24, 2.45) is 22.9 Å². The number of unbranched alkanes of at least 4 members (excludes halogenated alkanes) is 2. The molecule has 3 aliphatic rings. The average Bonchev–Trinajstić information content (AvgIpc) is 3.11. The molecule has 2 aliphatic carbocycles. The van der Waals surface area contributed by atoms with E-state index >= 15 is 0 Å². The van der Waals surface area contributed by atoms with E-state index in [-0.39, 0.29) is 70.4 Å². The number of carbonyl (C=O) groups is 1. The lowest BCUT2D eigenvalue weighted by molar-refractivity contribution is -0.255. The van der Waals surface area contributed by atoms with Gasteiger partial charge in [-0.3, -0.25) is 4.90 Å². The minimum Gasteiger partial charge on any atom is -0.490 e. The minimum atomic E-state index is -1.40. The van der Waals surface area contributed by atoms with Crippen LogP contribution in [0.4, 0.5) is 4.79 Å². The number of hydrogen-bond donors (Lipinski definition) is 3. The number of allylic oxidation sites excluding steroid dienone is 1. The summed E-state index contributed by atoms with van der Waals surface area (Å²) in [5, 5.41) is 33.3. The van der Waals surface area contributed by atoms with E-state index in [1.165, 1.54) is 14.2 Å². The maximum absolute atomic E-state index is 13.6. The van der Waals surface area contributed by atoms with Crippen LogP contribution in [0.15, 0.2) is 60.3 Å². The van der Waals surface area contributed by atoms with Gasteiger partial charge >= 0.3 is 6.09 Å². The first kappa shape index (κ1) is 38.4. The minimum absolute atomic E-state index is 0.0880. The molecule has 3 N–H and O–H groups in total. The van der Waals surface area contributed by atoms with Gasteiger partial charge in [-0.05, 0) is 61.3 Å². The first-order valence-corrected chi connectivity index (χ1v) is 17.3. The topological polar surface area (TPSA) is 149 Å². The zero-order valence-electron chi connectivity index (χ0n) is 29.0. The Labute approximate surface area is 289 Å². The molecule has 272 valence electrons. The van der Waals surface area contributed by atoms with Gasteiger partial charge in [-0.2, -0.15) is 0 Å². The van der Waals surface area contributed by atoms with Crippen molar-refractivity contribution < 1.29 is 48.6 Å². The second-order valence-corrected chi connectivity index (χ2v) is 12.6. The highest BCUT2D eigenvalue weighted by atomic mass is 16.7. The predicted molar refractivity (Wildman–Crippen MR) is 185 cm³/mol. The molecule has 0 aromatic heterocycles. The van der Waals surface area contributed by atoms with Crippen LogP contribution in [0.25, 0.3) is 0 Å². The van der Waals surface area contributed by atoms with Crippen LogP contribution in [-0.4, -0.2) is 111 Å². The van der Waals surface area contributed by atoms with E-state index in [9.17, 15) is 20.1 Å². The maximum Gasteiger partial charge on any atom is 0.410 e. The number of oxime groups is 1. The van der Waals surface area contributed by atoms with Gasteiger partial charge in [0.25, 0.3) is 0 Å². The highest BCUT2D eigenvalue weighted by Gasteiger charge is 2.65. The summed E-state index contributed by atoms with van der Waals surface area (Å²) in [6.07, 6.45) is 9.98. The highest BCUT2D eigenvalue weighted by Crippen LogP contribution is 2.61. The third-order valence-corrected chi connectivity index (χ3v) is 9.71. The van der Waals surface area contributed by atoms with Gasteiger partial charge in [-0.25, -0.2) is 4.79 Å². The average molecular weight is 687 g/mol. The van der Waals surface area contributed by atoms with E-state index < -0.39 is 23.8 Å². The van der Waals surface area contributed by atoms with Crippen molar-refractivity contribution in [3.05, 3.63) is 60.7 Å². The van der Waals surface area contributed by atoms with Gasteiger partial charge in [0.1, 0.15) is 31.3 Å². The second kappa shape index (κ2) is 19.1. The predicted octanol–water partition coefficient (Wildman–Crippen LogP) is 4.59. The van der Waals surface area contributed by atoms with E-state index in [0.717, 1.165) is 36.8 Å². The Morgan fingerprint density at radius 2 is 1.80 bits per heavy atom. The lowest BCUT2D eigenvalue weighted by Gasteiger charge is -2.59. The number of hydrogen-bond acceptors (Lipinski definition) is 11. The molecule has 0 bridgehead atoms. The number of ether oxygens (including phenoxy) is 5. The largest absolute Gasteiger partial charge is 0.490 e. The molecule has 6 atom stereocenters. The number of aliphatic hydroxyl groups is 3. The lowest BCUT2D eigenvalue weighted by atomic mass is 9.55. The normalized spacial score (nSPS) is 26.1. The zero-order valence-corrected chi connectivity index (χ0v) is 29.0. The summed E-state index contributed by atoms with van der Waals surface area (Å²) >= 11 is 0. The van der Waals surface area contributed by atoms with Gasteiger partial charge in [-0.15, -0.1) is 6.58 Å². The third kappa shape index (κ3) is 8.67. The summed E-state index contributed by atoms with van der Waals surface area (Å²) in [6, 6.07) is 5.06. The summed E-state index contributed by atoms with van der Waals surface area (Å²) in [6.45, 7) is 8.70. The molecule has 0 saturated heterocycles. The van der Waals surface area contributed by atoms with E-state index in [1.807, 2.05) is 18.2 Å². The van der Waals surface area contributed by atoms with Crippen molar-refractivity contribution in [2.75, 3.05) is 67.0 Å². The molecule has 1 saturated carbocycles. The number of nitrogens with zero attached hydrogens (tertiary/aromatic N) is 2. The molecule has 49 heavy (non-hydrogen) atoms. The van der Waals surface area contributed by atoms with Crippen molar-refractivity contribution in [3.63, 3.8) is 0 Å². The molecule has 12 nitrogen and oxygen atoms in total. The zero-order chi connectivity index (χ0) is 35.2. The quantitative estimate of drug-likeness (QED) is 0.0953. The number of benzene rings is 1. The Morgan fingerprint density at radius 3 is 2.47 bits per heavy atom. The van der Waals surface area contributed by atoms with Crippen LogP contribution >= 0.6 is 0 Å². The van der Waals surface area contributed by atoms with E-state index in [2.05, 4.69) is 24.4 Å². The maximum atomic E-state index is 13.6. The standard InChI is InChI=1S/C37H54N2O10/c1-5-19-47-27-13-14-32-30(24-27)34-28(12-8-10-17-41)26(11-7-9-16-40)23-29-31(38-45-4)25-33(37(49-32,35(29)34)48-20-6-2)39(36(43)44-3)15-21-46-22-18-42/h5-6,13-14,23-24,26,28,33-35,40-42H,1-2,7-12,15-22,25H2,3-4H3/t26-,28+,33-,34+,35+,37+/m0/s1. The molecule has 0 unspecified atom stereocenters. The van der Waals surface area contributed by atoms with Crippen molar-refractivity contribution >= 4 is 11.8 Å². The summed E-state index contributed by atoms with van der Waals surface area (Å²) in [7, 11) is 2.84. The number of fused-ring (bicyclic) bond motifs is 2. The molecule has 1 fully saturated rings. The molecule has 1 amide bonds. The molecule has 4 rings (SSSR count). The third-order valence-electron chi connectivity index (χ3n) is 9.71. The number of carbonyl (C=O) groups excluding carboxylic acids is 1. The van der Waals surface area contributed by atoms with Crippen LogP contribution in [0, 0.1) is 17.8 Å². The van der Waals surface area contributed by atoms with Crippen LogP contribution in [0.2, 0.25) is 0 Å². The number of rotatable bonds is 21. The number of amides is 1. The van der Waals surface area contributed by atoms with Gasteiger partial charge < -0.3 is 43.8 Å². The fourth-order valence-electron chi connectivity index (χ4n) is 7.82. The fraction of sp³-hybridized carbons (Fsp3) is 0.622. The first-order valence-electron chi connectivity index (χ1n) is 17.3. The monoisotopic (exact) mass is 686 g/mol. The Morgan fingerprint density at radius 1 is 1.04 bits per heavy atom. The molecule has 12 heteroatoms. The van der Waals surface area contributed by atoms with Crippen molar-refractivity contribution in [1.82, 2.24) is 4.90 Å². The van der Waals surface area contributed by atoms with Crippen LogP contribution in [0.3, 0.4) is 0 Å². The molecule has 1 heterocycles. The lowest BCUT2D eigenvalue weighted by Crippen LogP contribution is -2.70. The molecule has 1 aromatic carbocycles. The fourth-order valence-corrected chi connectivity index (χ4v) is 7.82. The van der Waals surface area contributed by atoms with Gasteiger partial charge in [0.05, 0.1) is 45.2 Å². The van der Waals surface area contributed by atoms with E-state index in [4.69, 9.17) is 28.5 Å². The number of methoxy groups -OCH3 is 1. The Balaban J connectivity index is 2.00. The summed E-state index contributed by atoms with van der Waals surface area (Å²) < 4.78 is 30.9. The van der Waals surface area contributed by atoms with Crippen LogP contribution < -0.4 is 9.47 Å². The van der Waals surface area contributed by atoms with Crippen molar-refractivity contribution in [3.8, 4) is 11.5 Å². The summed E-state index contributed by atoms with van der Waals surface area (Å²) in [4.78, 5) is 20.6. The van der Waals surface area contributed by atoms with E-state index in [0.29, 0.717) is 36.7 Å². The second-order valence-electron chi connectivity index (χ2n) is 12.6. The van der Waals surface area contributed by atoms with Crippen LogP contribution in [-0.2, 0) is 19.0 Å². The summed E-state index contributed by atoms with van der Waals surface area (Å²) in [5.74, 6) is -0.509. The Bertz CT molecular complexity index is 1300. The van der Waals surface area contributed by atoms with E-state index in [1.54, 1.807) is 17.1 Å². The van der Waals surface area contributed by atoms with Gasteiger partial charge in [-0.1, -0.05) is 42.8 Å². The SMILES string of the molecule is C=CCOc1ccc2c(c1)[C@H]1[C@H](CCCCO)[C@@H](CCCCO)C=C3C(=NOC)C[C@H](N(CCOCCO)C(=O)OC)[C@@](OCC=C)(O2)[C@H]31. The van der Waals surface area contributed by atoms with Gasteiger partial charge in [0.2, 0.25) is 5.79 Å². The smallest absolute Gasteiger partial charge is 0.410 e. The molecule has 0 spiro atoms. The summed E-state index contributed by atoms with van der Waals surface area (Å²) in [5.41, 5.74) is 2.58. The molecule has 1 aromatic rings. The van der Waals surface area contributed by atoms with Crippen molar-refractivity contribution in [2.45, 2.75) is 62.7 Å². The Kier molecular flexibility index (Phi) is 15.0. The first-order chi connectivity index (χ1) is 23.9. The molecular formula is C37H54N2O10. The molecular weight excluding hydrogens is 632 g/mol. The van der Waals surface area contributed by atoms with Crippen LogP contribution in [0.5, 0.6) is 11.5 Å². The Hall–Kier alpha value is -3.42. The van der Waals surface area contributed by atoms with Gasteiger partial charge in [0, 0.05) is 37.7 Å².